The maximum Gasteiger partial charge on any atom is 0.0492 e. The van der Waals surface area contributed by atoms with Crippen LogP contribution in [-0.4, -0.2) is 16.3 Å². The van der Waals surface area contributed by atoms with Gasteiger partial charge in [-0.3, -0.25) is 4.68 Å². The van der Waals surface area contributed by atoms with Gasteiger partial charge in [-0.15, -0.1) is 0 Å². The van der Waals surface area contributed by atoms with E-state index in [0.29, 0.717) is 6.54 Å². The van der Waals surface area contributed by atoms with E-state index in [-0.39, 0.29) is 5.92 Å². The van der Waals surface area contributed by atoms with Gasteiger partial charge in [-0.2, -0.15) is 5.10 Å². The molecule has 0 aliphatic carbocycles. The van der Waals surface area contributed by atoms with E-state index in [9.17, 15) is 0 Å². The number of nitrogens with zero attached hydrogens (tertiary/aromatic N) is 2. The quantitative estimate of drug-likeness (QED) is 0.937. The van der Waals surface area contributed by atoms with Crippen LogP contribution in [0.4, 0.5) is 0 Å². The molecule has 0 aliphatic heterocycles. The molecule has 4 heteroatoms. The molecule has 0 saturated heterocycles. The number of benzene rings is 1. The molecular weight excluding hydrogens is 266 g/mol. The second-order valence-electron chi connectivity index (χ2n) is 3.72. The molecule has 2 N–H and O–H groups in total. The molecule has 0 saturated carbocycles. The Hall–Kier alpha value is -1.13. The minimum atomic E-state index is 0.209. The van der Waals surface area contributed by atoms with Crippen LogP contribution in [0.1, 0.15) is 17.2 Å². The number of hydrogen-bond donors (Lipinski definition) is 1. The molecule has 1 atom stereocenters. The van der Waals surface area contributed by atoms with Crippen molar-refractivity contribution in [2.24, 2.45) is 12.8 Å². The van der Waals surface area contributed by atoms with Crippen molar-refractivity contribution >= 4 is 15.9 Å². The Balaban J connectivity index is 2.37. The van der Waals surface area contributed by atoms with Crippen LogP contribution in [0.2, 0.25) is 0 Å². The van der Waals surface area contributed by atoms with Crippen LogP contribution < -0.4 is 5.73 Å². The van der Waals surface area contributed by atoms with Crippen LogP contribution in [0.5, 0.6) is 0 Å². The second-order valence-corrected chi connectivity index (χ2v) is 4.64. The molecule has 1 aromatic carbocycles. The molecular formula is C12H14BrN3. The van der Waals surface area contributed by atoms with Crippen molar-refractivity contribution in [1.82, 2.24) is 9.78 Å². The maximum atomic E-state index is 5.85. The van der Waals surface area contributed by atoms with Gasteiger partial charge in [-0.05, 0) is 23.8 Å². The standard InChI is InChI=1S/C12H14BrN3/c1-16-12(6-7-15-16)11(8-14)9-2-4-10(13)5-3-9/h2-7,11H,8,14H2,1H3. The fourth-order valence-electron chi connectivity index (χ4n) is 1.85. The zero-order valence-corrected chi connectivity index (χ0v) is 10.7. The van der Waals surface area contributed by atoms with Crippen molar-refractivity contribution in [2.75, 3.05) is 6.54 Å². The van der Waals surface area contributed by atoms with Gasteiger partial charge in [0, 0.05) is 35.9 Å². The maximum absolute atomic E-state index is 5.85. The topological polar surface area (TPSA) is 43.8 Å². The summed E-state index contributed by atoms with van der Waals surface area (Å²) in [4.78, 5) is 0. The monoisotopic (exact) mass is 279 g/mol. The van der Waals surface area contributed by atoms with Crippen molar-refractivity contribution in [3.05, 3.63) is 52.3 Å². The highest BCUT2D eigenvalue weighted by molar-refractivity contribution is 9.10. The van der Waals surface area contributed by atoms with Crippen molar-refractivity contribution in [3.8, 4) is 0 Å². The Morgan fingerprint density at radius 3 is 2.50 bits per heavy atom. The van der Waals surface area contributed by atoms with Gasteiger partial charge < -0.3 is 5.73 Å². The molecule has 1 unspecified atom stereocenters. The van der Waals surface area contributed by atoms with Gasteiger partial charge in [-0.1, -0.05) is 28.1 Å². The minimum Gasteiger partial charge on any atom is -0.329 e. The number of rotatable bonds is 3. The lowest BCUT2D eigenvalue weighted by atomic mass is 9.96. The number of halogens is 1. The molecule has 3 nitrogen and oxygen atoms in total. The van der Waals surface area contributed by atoms with Gasteiger partial charge in [0.25, 0.3) is 0 Å². The van der Waals surface area contributed by atoms with E-state index in [1.165, 1.54) is 5.56 Å². The van der Waals surface area contributed by atoms with Crippen LogP contribution in [0, 0.1) is 0 Å². The Labute approximate surface area is 103 Å². The zero-order valence-electron chi connectivity index (χ0n) is 9.10. The summed E-state index contributed by atoms with van der Waals surface area (Å²) in [5, 5.41) is 4.18. The largest absolute Gasteiger partial charge is 0.329 e. The number of aryl methyl sites for hydroxylation is 1. The Kier molecular flexibility index (Phi) is 3.41. The third-order valence-corrected chi connectivity index (χ3v) is 3.25. The molecule has 1 heterocycles. The molecule has 0 amide bonds. The average molecular weight is 280 g/mol. The smallest absolute Gasteiger partial charge is 0.0492 e. The Bertz CT molecular complexity index is 461. The summed E-state index contributed by atoms with van der Waals surface area (Å²) >= 11 is 3.43. The van der Waals surface area contributed by atoms with Crippen molar-refractivity contribution < 1.29 is 0 Å². The summed E-state index contributed by atoms with van der Waals surface area (Å²) < 4.78 is 2.96. The normalized spacial score (nSPS) is 12.7. The molecule has 0 aliphatic rings. The Morgan fingerprint density at radius 1 is 1.31 bits per heavy atom. The van der Waals surface area contributed by atoms with Crippen molar-refractivity contribution in [3.63, 3.8) is 0 Å². The summed E-state index contributed by atoms with van der Waals surface area (Å²) in [5.74, 6) is 0.209. The number of nitrogens with two attached hydrogens (primary N) is 1. The predicted molar refractivity (Wildman–Crippen MR) is 68.2 cm³/mol. The van der Waals surface area contributed by atoms with Crippen LogP contribution in [0.25, 0.3) is 0 Å². The fourth-order valence-corrected chi connectivity index (χ4v) is 2.11. The van der Waals surface area contributed by atoms with E-state index in [1.807, 2.05) is 29.9 Å². The van der Waals surface area contributed by atoms with Gasteiger partial charge in [0.2, 0.25) is 0 Å². The fraction of sp³-hybridized carbons (Fsp3) is 0.250. The Morgan fingerprint density at radius 2 is 2.00 bits per heavy atom. The predicted octanol–water partition coefficient (Wildman–Crippen LogP) is 2.27. The van der Waals surface area contributed by atoms with Crippen LogP contribution in [-0.2, 0) is 7.05 Å². The summed E-state index contributed by atoms with van der Waals surface area (Å²) in [7, 11) is 1.94. The third kappa shape index (κ3) is 2.18. The van der Waals surface area contributed by atoms with Crippen molar-refractivity contribution in [1.29, 1.82) is 0 Å². The van der Waals surface area contributed by atoms with Crippen LogP contribution in [0.15, 0.2) is 41.0 Å². The first-order valence-electron chi connectivity index (χ1n) is 5.16. The van der Waals surface area contributed by atoms with E-state index in [0.717, 1.165) is 10.2 Å². The molecule has 16 heavy (non-hydrogen) atoms. The lowest BCUT2D eigenvalue weighted by Gasteiger charge is -2.15. The zero-order chi connectivity index (χ0) is 11.5. The SMILES string of the molecule is Cn1nccc1C(CN)c1ccc(Br)cc1. The van der Waals surface area contributed by atoms with Crippen LogP contribution in [0.3, 0.4) is 0 Å². The van der Waals surface area contributed by atoms with Gasteiger partial charge in [0.1, 0.15) is 0 Å². The molecule has 1 aromatic heterocycles. The minimum absolute atomic E-state index is 0.209. The van der Waals surface area contributed by atoms with E-state index < -0.39 is 0 Å². The van der Waals surface area contributed by atoms with Crippen molar-refractivity contribution in [2.45, 2.75) is 5.92 Å². The highest BCUT2D eigenvalue weighted by Crippen LogP contribution is 2.24. The first-order valence-corrected chi connectivity index (χ1v) is 5.95. The van der Waals surface area contributed by atoms with E-state index >= 15 is 0 Å². The van der Waals surface area contributed by atoms with E-state index in [2.05, 4.69) is 33.2 Å². The number of hydrogen-bond acceptors (Lipinski definition) is 2. The second kappa shape index (κ2) is 4.80. The summed E-state index contributed by atoms with van der Waals surface area (Å²) in [6.07, 6.45) is 1.80. The molecule has 84 valence electrons. The summed E-state index contributed by atoms with van der Waals surface area (Å²) in [6, 6.07) is 10.3. The molecule has 0 spiro atoms. The van der Waals surface area contributed by atoms with Gasteiger partial charge in [0.05, 0.1) is 0 Å². The first-order chi connectivity index (χ1) is 7.72. The van der Waals surface area contributed by atoms with E-state index in [1.54, 1.807) is 6.20 Å². The van der Waals surface area contributed by atoms with Gasteiger partial charge >= 0.3 is 0 Å². The van der Waals surface area contributed by atoms with Crippen LogP contribution >= 0.6 is 15.9 Å². The first kappa shape index (κ1) is 11.4. The molecule has 0 bridgehead atoms. The molecule has 0 radical (unpaired) electrons. The van der Waals surface area contributed by atoms with Gasteiger partial charge in [0.15, 0.2) is 0 Å². The molecule has 2 aromatic rings. The molecule has 2 rings (SSSR count). The molecule has 0 fully saturated rings. The highest BCUT2D eigenvalue weighted by atomic mass is 79.9. The summed E-state index contributed by atoms with van der Waals surface area (Å²) in [6.45, 7) is 0.584. The highest BCUT2D eigenvalue weighted by Gasteiger charge is 2.15. The average Bonchev–Trinajstić information content (AvgIpc) is 2.69. The lowest BCUT2D eigenvalue weighted by Crippen LogP contribution is -2.16. The third-order valence-electron chi connectivity index (χ3n) is 2.72. The number of aromatic nitrogens is 2. The lowest BCUT2D eigenvalue weighted by molar-refractivity contribution is 0.663. The van der Waals surface area contributed by atoms with E-state index in [4.69, 9.17) is 5.73 Å². The summed E-state index contributed by atoms with van der Waals surface area (Å²) in [5.41, 5.74) is 8.21. The van der Waals surface area contributed by atoms with Gasteiger partial charge in [-0.25, -0.2) is 0 Å².